The first kappa shape index (κ1) is 12.9. The number of primary amides is 1. The normalized spacial score (nSPS) is 12.3. The average Bonchev–Trinajstić information content (AvgIpc) is 2.78. The predicted molar refractivity (Wildman–Crippen MR) is 72.6 cm³/mol. The lowest BCUT2D eigenvalue weighted by Gasteiger charge is -2.05. The molecule has 1 heterocycles. The Morgan fingerprint density at radius 3 is 2.50 bits per heavy atom. The average molecular weight is 309 g/mol. The Hall–Kier alpha value is -1.59. The molecule has 4 nitrogen and oxygen atoms in total. The molecule has 1 aromatic carbocycles. The molecule has 18 heavy (non-hydrogen) atoms. The first-order valence-electron chi connectivity index (χ1n) is 5.46. The minimum atomic E-state index is -0.494. The molecule has 2 aromatic rings. The van der Waals surface area contributed by atoms with Gasteiger partial charge in [0.05, 0.1) is 6.04 Å². The zero-order chi connectivity index (χ0) is 13.1. The van der Waals surface area contributed by atoms with Crippen LogP contribution in [0.5, 0.6) is 0 Å². The molecule has 0 saturated heterocycles. The molecule has 0 aliphatic carbocycles. The third-order valence-electron chi connectivity index (χ3n) is 2.54. The van der Waals surface area contributed by atoms with Crippen molar-refractivity contribution in [2.75, 3.05) is 0 Å². The van der Waals surface area contributed by atoms with E-state index >= 15 is 0 Å². The highest BCUT2D eigenvalue weighted by atomic mass is 79.9. The zero-order valence-electron chi connectivity index (χ0n) is 9.60. The number of rotatable bonds is 4. The summed E-state index contributed by atoms with van der Waals surface area (Å²) in [7, 11) is 0. The van der Waals surface area contributed by atoms with Crippen LogP contribution in [0.4, 0.5) is 0 Å². The molecule has 0 bridgehead atoms. The highest BCUT2D eigenvalue weighted by Gasteiger charge is 2.14. The molecular formula is C13H13BrN2O2. The van der Waals surface area contributed by atoms with Gasteiger partial charge in [0, 0.05) is 16.5 Å². The van der Waals surface area contributed by atoms with Gasteiger partial charge >= 0.3 is 0 Å². The van der Waals surface area contributed by atoms with Gasteiger partial charge in [-0.05, 0) is 24.3 Å². The van der Waals surface area contributed by atoms with Crippen molar-refractivity contribution in [1.82, 2.24) is 0 Å². The second-order valence-corrected chi connectivity index (χ2v) is 4.90. The number of furan rings is 1. The van der Waals surface area contributed by atoms with Gasteiger partial charge < -0.3 is 15.9 Å². The minimum absolute atomic E-state index is 0.0767. The van der Waals surface area contributed by atoms with E-state index in [1.165, 1.54) is 0 Å². The van der Waals surface area contributed by atoms with Crippen molar-refractivity contribution in [2.45, 2.75) is 12.5 Å². The molecule has 1 amide bonds. The van der Waals surface area contributed by atoms with E-state index in [1.54, 1.807) is 6.07 Å². The van der Waals surface area contributed by atoms with E-state index < -0.39 is 11.9 Å². The topological polar surface area (TPSA) is 82.2 Å². The highest BCUT2D eigenvalue weighted by Crippen LogP contribution is 2.26. The van der Waals surface area contributed by atoms with Crippen LogP contribution < -0.4 is 11.5 Å². The van der Waals surface area contributed by atoms with Crippen LogP contribution in [0.2, 0.25) is 0 Å². The Bertz CT molecular complexity index is 548. The summed E-state index contributed by atoms with van der Waals surface area (Å²) in [6, 6.07) is 10.8. The third kappa shape index (κ3) is 3.00. The van der Waals surface area contributed by atoms with Crippen molar-refractivity contribution < 1.29 is 9.21 Å². The Kier molecular flexibility index (Phi) is 3.84. The fourth-order valence-corrected chi connectivity index (χ4v) is 1.90. The molecule has 0 aliphatic rings. The quantitative estimate of drug-likeness (QED) is 0.910. The summed E-state index contributed by atoms with van der Waals surface area (Å²) in [6.07, 6.45) is 0.0767. The molecular weight excluding hydrogens is 296 g/mol. The largest absolute Gasteiger partial charge is 0.459 e. The first-order valence-corrected chi connectivity index (χ1v) is 6.25. The maximum atomic E-state index is 10.8. The van der Waals surface area contributed by atoms with Gasteiger partial charge in [0.2, 0.25) is 5.91 Å². The van der Waals surface area contributed by atoms with Crippen molar-refractivity contribution >= 4 is 21.8 Å². The van der Waals surface area contributed by atoms with Crippen LogP contribution in [-0.4, -0.2) is 5.91 Å². The van der Waals surface area contributed by atoms with Crippen molar-refractivity contribution in [3.8, 4) is 11.3 Å². The standard InChI is InChI=1S/C13H13BrN2O2/c14-9-3-1-8(2-4-9)11-5-6-12(18-11)10(15)7-13(16)17/h1-6,10H,7,15H2,(H2,16,17)/t10-/m0/s1. The number of halogens is 1. The van der Waals surface area contributed by atoms with E-state index in [9.17, 15) is 4.79 Å². The second-order valence-electron chi connectivity index (χ2n) is 3.99. The van der Waals surface area contributed by atoms with E-state index in [0.29, 0.717) is 5.76 Å². The lowest BCUT2D eigenvalue weighted by molar-refractivity contribution is -0.118. The number of amides is 1. The van der Waals surface area contributed by atoms with Gasteiger partial charge in [-0.15, -0.1) is 0 Å². The summed E-state index contributed by atoms with van der Waals surface area (Å²) in [5, 5.41) is 0. The number of hydrogen-bond donors (Lipinski definition) is 2. The molecule has 1 aromatic heterocycles. The molecule has 4 N–H and O–H groups in total. The van der Waals surface area contributed by atoms with E-state index in [-0.39, 0.29) is 6.42 Å². The first-order chi connectivity index (χ1) is 8.56. The summed E-state index contributed by atoms with van der Waals surface area (Å²) < 4.78 is 6.63. The third-order valence-corrected chi connectivity index (χ3v) is 3.07. The van der Waals surface area contributed by atoms with Gasteiger partial charge in [-0.3, -0.25) is 4.79 Å². The maximum absolute atomic E-state index is 10.8. The fourth-order valence-electron chi connectivity index (χ4n) is 1.64. The SMILES string of the molecule is NC(=O)C[C@H](N)c1ccc(-c2ccc(Br)cc2)o1. The summed E-state index contributed by atoms with van der Waals surface area (Å²) in [5.41, 5.74) is 11.9. The van der Waals surface area contributed by atoms with Crippen molar-refractivity contribution in [2.24, 2.45) is 11.5 Å². The van der Waals surface area contributed by atoms with E-state index in [1.807, 2.05) is 30.3 Å². The van der Waals surface area contributed by atoms with Crippen LogP contribution in [0.15, 0.2) is 45.3 Å². The molecule has 2 rings (SSSR count). The maximum Gasteiger partial charge on any atom is 0.219 e. The van der Waals surface area contributed by atoms with Crippen LogP contribution in [-0.2, 0) is 4.79 Å². The van der Waals surface area contributed by atoms with E-state index in [4.69, 9.17) is 15.9 Å². The Morgan fingerprint density at radius 1 is 1.22 bits per heavy atom. The molecule has 1 atom stereocenters. The Balaban J connectivity index is 2.19. The predicted octanol–water partition coefficient (Wildman–Crippen LogP) is 2.58. The Labute approximate surface area is 113 Å². The zero-order valence-corrected chi connectivity index (χ0v) is 11.2. The lowest BCUT2D eigenvalue weighted by Crippen LogP contribution is -2.20. The van der Waals surface area contributed by atoms with Gasteiger partial charge in [-0.25, -0.2) is 0 Å². The summed E-state index contributed by atoms with van der Waals surface area (Å²) in [4.78, 5) is 10.8. The number of carbonyl (C=O) groups is 1. The van der Waals surface area contributed by atoms with Gasteiger partial charge in [0.25, 0.3) is 0 Å². The van der Waals surface area contributed by atoms with Crippen LogP contribution in [0.1, 0.15) is 18.2 Å². The number of nitrogens with two attached hydrogens (primary N) is 2. The molecule has 5 heteroatoms. The van der Waals surface area contributed by atoms with Gasteiger partial charge in [-0.1, -0.05) is 28.1 Å². The van der Waals surface area contributed by atoms with E-state index in [2.05, 4.69) is 15.9 Å². The number of hydrogen-bond acceptors (Lipinski definition) is 3. The minimum Gasteiger partial charge on any atom is -0.459 e. The van der Waals surface area contributed by atoms with Crippen LogP contribution in [0, 0.1) is 0 Å². The lowest BCUT2D eigenvalue weighted by atomic mass is 10.1. The molecule has 0 fully saturated rings. The van der Waals surface area contributed by atoms with Crippen molar-refractivity contribution in [3.63, 3.8) is 0 Å². The smallest absolute Gasteiger partial charge is 0.219 e. The van der Waals surface area contributed by atoms with Crippen LogP contribution in [0.3, 0.4) is 0 Å². The molecule has 0 spiro atoms. The molecule has 94 valence electrons. The van der Waals surface area contributed by atoms with Gasteiger partial charge in [0.1, 0.15) is 11.5 Å². The Morgan fingerprint density at radius 2 is 1.89 bits per heavy atom. The summed E-state index contributed by atoms with van der Waals surface area (Å²) in [5.74, 6) is 0.841. The second kappa shape index (κ2) is 5.37. The summed E-state index contributed by atoms with van der Waals surface area (Å²) in [6.45, 7) is 0. The monoisotopic (exact) mass is 308 g/mol. The van der Waals surface area contributed by atoms with E-state index in [0.717, 1.165) is 15.8 Å². The van der Waals surface area contributed by atoms with Crippen molar-refractivity contribution in [1.29, 1.82) is 0 Å². The molecule has 0 aliphatic heterocycles. The molecule has 0 unspecified atom stereocenters. The molecule has 0 saturated carbocycles. The number of carbonyl (C=O) groups excluding carboxylic acids is 1. The van der Waals surface area contributed by atoms with Crippen LogP contribution >= 0.6 is 15.9 Å². The summed E-state index contributed by atoms with van der Waals surface area (Å²) >= 11 is 3.37. The highest BCUT2D eigenvalue weighted by molar-refractivity contribution is 9.10. The van der Waals surface area contributed by atoms with Crippen molar-refractivity contribution in [3.05, 3.63) is 46.6 Å². The number of benzene rings is 1. The van der Waals surface area contributed by atoms with Crippen LogP contribution in [0.25, 0.3) is 11.3 Å². The molecule has 0 radical (unpaired) electrons. The van der Waals surface area contributed by atoms with Gasteiger partial charge in [0.15, 0.2) is 0 Å². The fraction of sp³-hybridized carbons (Fsp3) is 0.154. The van der Waals surface area contributed by atoms with Gasteiger partial charge in [-0.2, -0.15) is 0 Å².